The number of amides is 1. The van der Waals surface area contributed by atoms with Gasteiger partial charge in [-0.2, -0.15) is 0 Å². The molecule has 0 heterocycles. The molecule has 17 heavy (non-hydrogen) atoms. The Morgan fingerprint density at radius 1 is 1.35 bits per heavy atom. The molecule has 4 heteroatoms. The van der Waals surface area contributed by atoms with Crippen molar-refractivity contribution < 1.29 is 9.90 Å². The van der Waals surface area contributed by atoms with Crippen molar-refractivity contribution in [1.29, 1.82) is 0 Å². The minimum atomic E-state index is -0.344. The zero-order valence-electron chi connectivity index (χ0n) is 9.78. The first-order valence-corrected chi connectivity index (χ1v) is 5.94. The van der Waals surface area contributed by atoms with Gasteiger partial charge in [0.1, 0.15) is 0 Å². The van der Waals surface area contributed by atoms with Crippen LogP contribution in [0.15, 0.2) is 24.3 Å². The highest BCUT2D eigenvalue weighted by atomic mass is 16.3. The molecule has 0 bridgehead atoms. The van der Waals surface area contributed by atoms with E-state index in [9.17, 15) is 4.79 Å². The third-order valence-corrected chi connectivity index (χ3v) is 3.27. The van der Waals surface area contributed by atoms with Gasteiger partial charge in [0.15, 0.2) is 0 Å². The van der Waals surface area contributed by atoms with Crippen molar-refractivity contribution in [1.82, 2.24) is 5.32 Å². The first-order valence-electron chi connectivity index (χ1n) is 5.94. The van der Waals surface area contributed by atoms with Crippen LogP contribution in [0.3, 0.4) is 0 Å². The highest BCUT2D eigenvalue weighted by Crippen LogP contribution is 2.48. The molecule has 92 valence electrons. The average Bonchev–Trinajstić information content (AvgIpc) is 3.11. The van der Waals surface area contributed by atoms with E-state index in [0.29, 0.717) is 18.7 Å². The molecule has 0 atom stereocenters. The van der Waals surface area contributed by atoms with Crippen LogP contribution in [-0.2, 0) is 10.2 Å². The summed E-state index contributed by atoms with van der Waals surface area (Å²) in [5.41, 5.74) is 7.04. The van der Waals surface area contributed by atoms with Crippen LogP contribution < -0.4 is 11.1 Å². The van der Waals surface area contributed by atoms with E-state index < -0.39 is 0 Å². The number of nitrogen functional groups attached to an aromatic ring is 1. The number of aliphatic hydroxyl groups excluding tert-OH is 1. The Labute approximate surface area is 101 Å². The van der Waals surface area contributed by atoms with Crippen molar-refractivity contribution >= 4 is 11.6 Å². The van der Waals surface area contributed by atoms with E-state index in [4.69, 9.17) is 10.8 Å². The maximum absolute atomic E-state index is 12.1. The van der Waals surface area contributed by atoms with Crippen LogP contribution >= 0.6 is 0 Å². The summed E-state index contributed by atoms with van der Waals surface area (Å²) in [4.78, 5) is 12.1. The average molecular weight is 234 g/mol. The molecule has 1 saturated carbocycles. The first kappa shape index (κ1) is 11.9. The number of hydrogen-bond acceptors (Lipinski definition) is 3. The Morgan fingerprint density at radius 2 is 2.00 bits per heavy atom. The normalized spacial score (nSPS) is 16.5. The van der Waals surface area contributed by atoms with E-state index in [1.54, 1.807) is 0 Å². The number of benzene rings is 1. The molecule has 1 aliphatic rings. The fourth-order valence-electron chi connectivity index (χ4n) is 2.02. The Hall–Kier alpha value is -1.55. The Balaban J connectivity index is 2.03. The molecule has 1 aromatic rings. The second-order valence-electron chi connectivity index (χ2n) is 4.54. The summed E-state index contributed by atoms with van der Waals surface area (Å²) in [6.07, 6.45) is 2.38. The summed E-state index contributed by atoms with van der Waals surface area (Å²) in [7, 11) is 0. The van der Waals surface area contributed by atoms with Crippen molar-refractivity contribution in [3.05, 3.63) is 29.8 Å². The molecule has 4 nitrogen and oxygen atoms in total. The summed E-state index contributed by atoms with van der Waals surface area (Å²) in [5.74, 6) is 0.0655. The van der Waals surface area contributed by atoms with E-state index in [1.165, 1.54) is 0 Å². The van der Waals surface area contributed by atoms with E-state index in [2.05, 4.69) is 5.32 Å². The number of hydrogen-bond donors (Lipinski definition) is 3. The molecular weight excluding hydrogens is 216 g/mol. The zero-order chi connectivity index (χ0) is 12.3. The fraction of sp³-hybridized carbons (Fsp3) is 0.462. The predicted molar refractivity (Wildman–Crippen MR) is 66.5 cm³/mol. The van der Waals surface area contributed by atoms with E-state index in [1.807, 2.05) is 24.3 Å². The van der Waals surface area contributed by atoms with Gasteiger partial charge in [-0.25, -0.2) is 0 Å². The SMILES string of the molecule is Nc1ccc(C2(C(=O)NCCCO)CC2)cc1. The summed E-state index contributed by atoms with van der Waals surface area (Å²) < 4.78 is 0. The highest BCUT2D eigenvalue weighted by molar-refractivity contribution is 5.91. The van der Waals surface area contributed by atoms with E-state index >= 15 is 0 Å². The number of anilines is 1. The van der Waals surface area contributed by atoms with Gasteiger partial charge in [0.25, 0.3) is 0 Å². The van der Waals surface area contributed by atoms with Crippen LogP contribution in [-0.4, -0.2) is 24.2 Å². The van der Waals surface area contributed by atoms with Crippen LogP contribution in [0.2, 0.25) is 0 Å². The molecule has 1 aliphatic carbocycles. The number of aliphatic hydroxyl groups is 1. The van der Waals surface area contributed by atoms with Crippen LogP contribution in [0.5, 0.6) is 0 Å². The van der Waals surface area contributed by atoms with Crippen LogP contribution in [0.4, 0.5) is 5.69 Å². The molecule has 0 aliphatic heterocycles. The Bertz CT molecular complexity index is 396. The topological polar surface area (TPSA) is 75.4 Å². The number of carbonyl (C=O) groups is 1. The molecular formula is C13H18N2O2. The standard InChI is InChI=1S/C13H18N2O2/c14-11-4-2-10(3-5-11)13(6-7-13)12(17)15-8-1-9-16/h2-5,16H,1,6-9,14H2,(H,15,17). The monoisotopic (exact) mass is 234 g/mol. The third-order valence-electron chi connectivity index (χ3n) is 3.27. The summed E-state index contributed by atoms with van der Waals surface area (Å²) in [5, 5.41) is 11.5. The van der Waals surface area contributed by atoms with Gasteiger partial charge in [-0.1, -0.05) is 12.1 Å². The molecule has 0 spiro atoms. The van der Waals surface area contributed by atoms with Gasteiger partial charge in [0.05, 0.1) is 5.41 Å². The molecule has 1 amide bonds. The smallest absolute Gasteiger partial charge is 0.230 e. The van der Waals surface area contributed by atoms with Crippen molar-refractivity contribution in [3.8, 4) is 0 Å². The minimum absolute atomic E-state index is 0.0655. The molecule has 0 radical (unpaired) electrons. The number of carbonyl (C=O) groups excluding carboxylic acids is 1. The first-order chi connectivity index (χ1) is 8.19. The van der Waals surface area contributed by atoms with Crippen molar-refractivity contribution in [2.75, 3.05) is 18.9 Å². The summed E-state index contributed by atoms with van der Waals surface area (Å²) in [6.45, 7) is 0.640. The highest BCUT2D eigenvalue weighted by Gasteiger charge is 2.50. The second-order valence-corrected chi connectivity index (χ2v) is 4.54. The van der Waals surface area contributed by atoms with Gasteiger partial charge in [-0.3, -0.25) is 4.79 Å². The lowest BCUT2D eigenvalue weighted by Crippen LogP contribution is -2.35. The largest absolute Gasteiger partial charge is 0.399 e. The van der Waals surface area contributed by atoms with Gasteiger partial charge in [0.2, 0.25) is 5.91 Å². The maximum atomic E-state index is 12.1. The number of rotatable bonds is 5. The molecule has 0 saturated heterocycles. The summed E-state index contributed by atoms with van der Waals surface area (Å²) >= 11 is 0. The van der Waals surface area contributed by atoms with Gasteiger partial charge < -0.3 is 16.2 Å². The third kappa shape index (κ3) is 2.42. The van der Waals surface area contributed by atoms with Crippen molar-refractivity contribution in [3.63, 3.8) is 0 Å². The number of nitrogens with two attached hydrogens (primary N) is 1. The zero-order valence-corrected chi connectivity index (χ0v) is 9.78. The van der Waals surface area contributed by atoms with Crippen LogP contribution in [0.25, 0.3) is 0 Å². The molecule has 0 unspecified atom stereocenters. The van der Waals surface area contributed by atoms with Gasteiger partial charge >= 0.3 is 0 Å². The maximum Gasteiger partial charge on any atom is 0.230 e. The quantitative estimate of drug-likeness (QED) is 0.521. The van der Waals surface area contributed by atoms with E-state index in [-0.39, 0.29) is 17.9 Å². The minimum Gasteiger partial charge on any atom is -0.399 e. The fourth-order valence-corrected chi connectivity index (χ4v) is 2.02. The molecule has 1 aromatic carbocycles. The molecule has 0 aromatic heterocycles. The van der Waals surface area contributed by atoms with Gasteiger partial charge in [0, 0.05) is 18.8 Å². The summed E-state index contributed by atoms with van der Waals surface area (Å²) in [6, 6.07) is 7.51. The lowest BCUT2D eigenvalue weighted by atomic mass is 9.95. The molecule has 4 N–H and O–H groups in total. The molecule has 1 fully saturated rings. The van der Waals surface area contributed by atoms with Crippen LogP contribution in [0, 0.1) is 0 Å². The van der Waals surface area contributed by atoms with Gasteiger partial charge in [-0.05, 0) is 37.0 Å². The molecule has 2 rings (SSSR count). The Morgan fingerprint density at radius 3 is 2.53 bits per heavy atom. The predicted octanol–water partition coefficient (Wildman–Crippen LogP) is 0.799. The van der Waals surface area contributed by atoms with Crippen LogP contribution in [0.1, 0.15) is 24.8 Å². The van der Waals surface area contributed by atoms with Crippen molar-refractivity contribution in [2.24, 2.45) is 0 Å². The second kappa shape index (κ2) is 4.75. The lowest BCUT2D eigenvalue weighted by molar-refractivity contribution is -0.123. The number of nitrogens with one attached hydrogen (secondary N) is 1. The van der Waals surface area contributed by atoms with E-state index in [0.717, 1.165) is 18.4 Å². The van der Waals surface area contributed by atoms with Crippen molar-refractivity contribution in [2.45, 2.75) is 24.7 Å². The Kier molecular flexibility index (Phi) is 3.33. The van der Waals surface area contributed by atoms with Gasteiger partial charge in [-0.15, -0.1) is 0 Å². The lowest BCUT2D eigenvalue weighted by Gasteiger charge is -2.15.